The van der Waals surface area contributed by atoms with E-state index in [2.05, 4.69) is 6.92 Å². The highest BCUT2D eigenvalue weighted by Gasteiger charge is 2.17. The van der Waals surface area contributed by atoms with Gasteiger partial charge in [0.2, 0.25) is 0 Å². The molecule has 1 atom stereocenters. The fraction of sp³-hybridized carbons (Fsp3) is 0.385. The summed E-state index contributed by atoms with van der Waals surface area (Å²) in [4.78, 5) is 9.50. The molecule has 1 rings (SSSR count). The van der Waals surface area contributed by atoms with Gasteiger partial charge in [-0.2, -0.15) is 0 Å². The van der Waals surface area contributed by atoms with Gasteiger partial charge in [-0.25, -0.2) is 4.57 Å². The SMILES string of the molecule is CCCCCP(=O)(O)OC=Cc1ccccc1. The lowest BCUT2D eigenvalue weighted by Crippen LogP contribution is -1.90. The van der Waals surface area contributed by atoms with Crippen molar-refractivity contribution in [1.82, 2.24) is 0 Å². The summed E-state index contributed by atoms with van der Waals surface area (Å²) in [5, 5.41) is 0. The number of hydrogen-bond donors (Lipinski definition) is 1. The molecule has 94 valence electrons. The molecule has 1 aromatic rings. The second-order valence-electron chi connectivity index (χ2n) is 3.89. The van der Waals surface area contributed by atoms with Crippen molar-refractivity contribution in [2.45, 2.75) is 26.2 Å². The lowest BCUT2D eigenvalue weighted by Gasteiger charge is -2.09. The summed E-state index contributed by atoms with van der Waals surface area (Å²) in [7, 11) is -3.45. The molecule has 0 aliphatic heterocycles. The van der Waals surface area contributed by atoms with Crippen LogP contribution in [0, 0.1) is 0 Å². The van der Waals surface area contributed by atoms with Crippen LogP contribution in [0.1, 0.15) is 31.7 Å². The van der Waals surface area contributed by atoms with Crippen LogP contribution < -0.4 is 0 Å². The summed E-state index contributed by atoms with van der Waals surface area (Å²) in [5.41, 5.74) is 0.945. The van der Waals surface area contributed by atoms with Crippen molar-refractivity contribution in [1.29, 1.82) is 0 Å². The van der Waals surface area contributed by atoms with E-state index in [0.29, 0.717) is 0 Å². The molecule has 0 fully saturated rings. The molecular weight excluding hydrogens is 235 g/mol. The topological polar surface area (TPSA) is 46.5 Å². The average Bonchev–Trinajstić information content (AvgIpc) is 2.30. The van der Waals surface area contributed by atoms with E-state index in [1.807, 2.05) is 30.3 Å². The number of unbranched alkanes of at least 4 members (excludes halogenated alkanes) is 2. The first-order valence-electron chi connectivity index (χ1n) is 5.86. The van der Waals surface area contributed by atoms with E-state index in [-0.39, 0.29) is 6.16 Å². The minimum atomic E-state index is -3.45. The van der Waals surface area contributed by atoms with Gasteiger partial charge >= 0.3 is 7.60 Å². The Balaban J connectivity index is 2.39. The highest BCUT2D eigenvalue weighted by Crippen LogP contribution is 2.43. The summed E-state index contributed by atoms with van der Waals surface area (Å²) < 4.78 is 16.5. The predicted octanol–water partition coefficient (Wildman–Crippen LogP) is 4.05. The second kappa shape index (κ2) is 7.31. The lowest BCUT2D eigenvalue weighted by molar-refractivity contribution is 0.347. The summed E-state index contributed by atoms with van der Waals surface area (Å²) in [6.45, 7) is 2.05. The molecule has 0 bridgehead atoms. The first kappa shape index (κ1) is 14.0. The normalized spacial score (nSPS) is 14.7. The molecule has 3 nitrogen and oxygen atoms in total. The van der Waals surface area contributed by atoms with Gasteiger partial charge in [0.1, 0.15) is 0 Å². The Bertz CT molecular complexity index is 387. The van der Waals surface area contributed by atoms with Crippen LogP contribution >= 0.6 is 7.60 Å². The van der Waals surface area contributed by atoms with Crippen LogP contribution in [0.5, 0.6) is 0 Å². The molecular formula is C13H19O3P. The highest BCUT2D eigenvalue weighted by molar-refractivity contribution is 7.52. The molecule has 4 heteroatoms. The number of rotatable bonds is 7. The molecule has 0 aliphatic rings. The van der Waals surface area contributed by atoms with Crippen LogP contribution in [0.15, 0.2) is 36.6 Å². The largest absolute Gasteiger partial charge is 0.432 e. The van der Waals surface area contributed by atoms with Crippen molar-refractivity contribution < 1.29 is 14.0 Å². The van der Waals surface area contributed by atoms with E-state index in [9.17, 15) is 9.46 Å². The van der Waals surface area contributed by atoms with Crippen LogP contribution in [0.2, 0.25) is 0 Å². The third-order valence-corrected chi connectivity index (χ3v) is 3.66. The fourth-order valence-electron chi connectivity index (χ4n) is 1.38. The minimum absolute atomic E-state index is 0.222. The van der Waals surface area contributed by atoms with Crippen LogP contribution in [-0.2, 0) is 9.09 Å². The molecule has 0 aromatic heterocycles. The van der Waals surface area contributed by atoms with Crippen LogP contribution in [0.3, 0.4) is 0 Å². The first-order chi connectivity index (χ1) is 8.14. The summed E-state index contributed by atoms with van der Waals surface area (Å²) in [6, 6.07) is 9.53. The van der Waals surface area contributed by atoms with Gasteiger partial charge in [0.05, 0.1) is 12.4 Å². The molecule has 0 aliphatic carbocycles. The predicted molar refractivity (Wildman–Crippen MR) is 70.8 cm³/mol. The zero-order valence-electron chi connectivity index (χ0n) is 10.1. The Hall–Kier alpha value is -1.05. The van der Waals surface area contributed by atoms with Crippen LogP contribution in [0.25, 0.3) is 6.08 Å². The molecule has 0 radical (unpaired) electrons. The molecule has 1 N–H and O–H groups in total. The van der Waals surface area contributed by atoms with Crippen molar-refractivity contribution in [3.8, 4) is 0 Å². The Kier molecular flexibility index (Phi) is 6.03. The molecule has 0 saturated carbocycles. The minimum Gasteiger partial charge on any atom is -0.432 e. The van der Waals surface area contributed by atoms with Gasteiger partial charge in [0.15, 0.2) is 0 Å². The smallest absolute Gasteiger partial charge is 0.376 e. The molecule has 0 amide bonds. The van der Waals surface area contributed by atoms with E-state index >= 15 is 0 Å². The monoisotopic (exact) mass is 254 g/mol. The van der Waals surface area contributed by atoms with Gasteiger partial charge in [-0.05, 0) is 18.1 Å². The summed E-state index contributed by atoms with van der Waals surface area (Å²) in [5.74, 6) is 0. The zero-order valence-corrected chi connectivity index (χ0v) is 11.0. The maximum Gasteiger partial charge on any atom is 0.376 e. The molecule has 0 saturated heterocycles. The van der Waals surface area contributed by atoms with Crippen molar-refractivity contribution in [3.63, 3.8) is 0 Å². The van der Waals surface area contributed by atoms with Crippen LogP contribution in [-0.4, -0.2) is 11.1 Å². The molecule has 0 heterocycles. The van der Waals surface area contributed by atoms with Crippen molar-refractivity contribution in [3.05, 3.63) is 42.2 Å². The Morgan fingerprint density at radius 3 is 2.65 bits per heavy atom. The number of benzene rings is 1. The molecule has 0 spiro atoms. The van der Waals surface area contributed by atoms with E-state index in [1.165, 1.54) is 6.26 Å². The maximum absolute atomic E-state index is 11.6. The Labute approximate surface area is 103 Å². The maximum atomic E-state index is 11.6. The van der Waals surface area contributed by atoms with Crippen molar-refractivity contribution >= 4 is 13.7 Å². The summed E-state index contributed by atoms with van der Waals surface area (Å²) in [6.07, 6.45) is 5.92. The molecule has 1 unspecified atom stereocenters. The van der Waals surface area contributed by atoms with Crippen molar-refractivity contribution in [2.24, 2.45) is 0 Å². The first-order valence-corrected chi connectivity index (χ1v) is 7.62. The quantitative estimate of drug-likeness (QED) is 0.453. The van der Waals surface area contributed by atoms with Gasteiger partial charge < -0.3 is 9.42 Å². The van der Waals surface area contributed by atoms with Gasteiger partial charge in [0.25, 0.3) is 0 Å². The number of hydrogen-bond acceptors (Lipinski definition) is 2. The Morgan fingerprint density at radius 2 is 2.00 bits per heavy atom. The summed E-state index contributed by atoms with van der Waals surface area (Å²) >= 11 is 0. The second-order valence-corrected chi connectivity index (χ2v) is 5.82. The van der Waals surface area contributed by atoms with E-state index in [4.69, 9.17) is 4.52 Å². The average molecular weight is 254 g/mol. The van der Waals surface area contributed by atoms with E-state index in [0.717, 1.165) is 24.8 Å². The van der Waals surface area contributed by atoms with E-state index in [1.54, 1.807) is 6.08 Å². The molecule has 17 heavy (non-hydrogen) atoms. The lowest BCUT2D eigenvalue weighted by atomic mass is 10.2. The van der Waals surface area contributed by atoms with Gasteiger partial charge in [0, 0.05) is 0 Å². The van der Waals surface area contributed by atoms with Gasteiger partial charge in [-0.15, -0.1) is 0 Å². The Morgan fingerprint density at radius 1 is 1.29 bits per heavy atom. The standard InChI is InChI=1S/C13H19O3P/c1-2-3-7-12-17(14,15)16-11-10-13-8-5-4-6-9-13/h4-6,8-11H,2-3,7,12H2,1H3,(H,14,15). The fourth-order valence-corrected chi connectivity index (χ4v) is 2.36. The van der Waals surface area contributed by atoms with Crippen molar-refractivity contribution in [2.75, 3.05) is 6.16 Å². The van der Waals surface area contributed by atoms with E-state index < -0.39 is 7.60 Å². The van der Waals surface area contributed by atoms with Gasteiger partial charge in [-0.3, -0.25) is 0 Å². The van der Waals surface area contributed by atoms with Gasteiger partial charge in [-0.1, -0.05) is 50.1 Å². The third-order valence-electron chi connectivity index (χ3n) is 2.33. The zero-order chi connectivity index (χ0) is 12.6. The highest BCUT2D eigenvalue weighted by atomic mass is 31.2. The molecule has 1 aromatic carbocycles. The van der Waals surface area contributed by atoms with Crippen LogP contribution in [0.4, 0.5) is 0 Å². The third kappa shape index (κ3) is 6.30.